The van der Waals surface area contributed by atoms with Gasteiger partial charge in [0, 0.05) is 12.6 Å². The van der Waals surface area contributed by atoms with Crippen molar-refractivity contribution >= 4 is 10.1 Å². The van der Waals surface area contributed by atoms with Crippen LogP contribution in [-0.4, -0.2) is 22.6 Å². The summed E-state index contributed by atoms with van der Waals surface area (Å²) >= 11 is 0. The first-order valence-electron chi connectivity index (χ1n) is 5.20. The van der Waals surface area contributed by atoms with E-state index in [0.29, 0.717) is 6.42 Å². The molecule has 0 spiro atoms. The number of pyridine rings is 1. The van der Waals surface area contributed by atoms with Gasteiger partial charge in [0.05, 0.1) is 0 Å². The summed E-state index contributed by atoms with van der Waals surface area (Å²) in [6, 6.07) is 1.08. The minimum atomic E-state index is -4.54. The van der Waals surface area contributed by atoms with Gasteiger partial charge in [0.2, 0.25) is 5.88 Å². The summed E-state index contributed by atoms with van der Waals surface area (Å²) in [5.74, 6) is -0.703. The van der Waals surface area contributed by atoms with Gasteiger partial charge in [-0.1, -0.05) is 13.3 Å². The molecule has 0 amide bonds. The Kier molecular flexibility index (Phi) is 3.94. The van der Waals surface area contributed by atoms with E-state index in [4.69, 9.17) is 4.55 Å². The Balaban J connectivity index is 3.49. The van der Waals surface area contributed by atoms with Crippen LogP contribution >= 0.6 is 0 Å². The highest BCUT2D eigenvalue weighted by Gasteiger charge is 2.22. The highest BCUT2D eigenvalue weighted by Crippen LogP contribution is 2.24. The maximum absolute atomic E-state index is 11.6. The standard InChI is InChI=1S/C10H15NO5S/c1-3-4-5-11-8(12)6-7(2)9(10(11)13)17(14,15)16/h6,13H,3-5H2,1-2H3,(H,14,15,16). The molecule has 1 rings (SSSR count). The Labute approximate surface area is 99.3 Å². The van der Waals surface area contributed by atoms with Crippen LogP contribution in [0.2, 0.25) is 0 Å². The molecule has 0 unspecified atom stereocenters. The average molecular weight is 261 g/mol. The molecule has 1 heterocycles. The van der Waals surface area contributed by atoms with Gasteiger partial charge in [-0.2, -0.15) is 8.42 Å². The van der Waals surface area contributed by atoms with Crippen molar-refractivity contribution in [3.8, 4) is 5.88 Å². The fraction of sp³-hybridized carbons (Fsp3) is 0.500. The third kappa shape index (κ3) is 2.86. The molecule has 6 nitrogen and oxygen atoms in total. The van der Waals surface area contributed by atoms with Crippen LogP contribution in [0.15, 0.2) is 15.8 Å². The lowest BCUT2D eigenvalue weighted by molar-refractivity contribution is 0.379. The normalized spacial score (nSPS) is 11.7. The lowest BCUT2D eigenvalue weighted by atomic mass is 10.2. The predicted molar refractivity (Wildman–Crippen MR) is 61.8 cm³/mol. The largest absolute Gasteiger partial charge is 0.493 e. The molecule has 0 aliphatic heterocycles. The number of aromatic hydroxyl groups is 1. The minimum Gasteiger partial charge on any atom is -0.493 e. The molecule has 96 valence electrons. The maximum atomic E-state index is 11.6. The van der Waals surface area contributed by atoms with Crippen LogP contribution in [-0.2, 0) is 16.7 Å². The van der Waals surface area contributed by atoms with Crippen molar-refractivity contribution in [3.05, 3.63) is 22.0 Å². The van der Waals surface area contributed by atoms with Crippen molar-refractivity contribution in [3.63, 3.8) is 0 Å². The number of hydrogen-bond donors (Lipinski definition) is 2. The Morgan fingerprint density at radius 1 is 1.41 bits per heavy atom. The van der Waals surface area contributed by atoms with E-state index >= 15 is 0 Å². The van der Waals surface area contributed by atoms with Crippen LogP contribution in [0.1, 0.15) is 25.3 Å². The van der Waals surface area contributed by atoms with E-state index in [1.165, 1.54) is 6.92 Å². The van der Waals surface area contributed by atoms with Crippen LogP contribution in [0.4, 0.5) is 0 Å². The van der Waals surface area contributed by atoms with E-state index in [1.807, 2.05) is 6.92 Å². The molecule has 0 radical (unpaired) electrons. The fourth-order valence-corrected chi connectivity index (χ4v) is 2.39. The lowest BCUT2D eigenvalue weighted by Gasteiger charge is -2.12. The third-order valence-corrected chi connectivity index (χ3v) is 3.44. The molecular formula is C10H15NO5S. The van der Waals surface area contributed by atoms with E-state index in [1.54, 1.807) is 0 Å². The van der Waals surface area contributed by atoms with Crippen molar-refractivity contribution in [1.29, 1.82) is 0 Å². The number of aromatic nitrogens is 1. The maximum Gasteiger partial charge on any atom is 0.300 e. The quantitative estimate of drug-likeness (QED) is 0.785. The highest BCUT2D eigenvalue weighted by molar-refractivity contribution is 7.86. The van der Waals surface area contributed by atoms with E-state index in [-0.39, 0.29) is 12.1 Å². The zero-order chi connectivity index (χ0) is 13.2. The first-order chi connectivity index (χ1) is 7.79. The molecule has 0 saturated carbocycles. The van der Waals surface area contributed by atoms with Crippen molar-refractivity contribution in [2.24, 2.45) is 0 Å². The molecule has 0 saturated heterocycles. The van der Waals surface area contributed by atoms with Crippen molar-refractivity contribution < 1.29 is 18.1 Å². The van der Waals surface area contributed by atoms with Crippen molar-refractivity contribution in [2.75, 3.05) is 0 Å². The second kappa shape index (κ2) is 4.89. The van der Waals surface area contributed by atoms with E-state index < -0.39 is 26.5 Å². The lowest BCUT2D eigenvalue weighted by Crippen LogP contribution is -2.22. The smallest absolute Gasteiger partial charge is 0.300 e. The topological polar surface area (TPSA) is 96.6 Å². The van der Waals surface area contributed by atoms with Crippen LogP contribution < -0.4 is 5.56 Å². The fourth-order valence-electron chi connectivity index (χ4n) is 1.58. The summed E-state index contributed by atoms with van der Waals surface area (Å²) in [5.41, 5.74) is -0.455. The van der Waals surface area contributed by atoms with Crippen molar-refractivity contribution in [2.45, 2.75) is 38.1 Å². The molecule has 2 N–H and O–H groups in total. The molecule has 7 heteroatoms. The van der Waals surface area contributed by atoms with Gasteiger partial charge >= 0.3 is 0 Å². The zero-order valence-corrected chi connectivity index (χ0v) is 10.5. The van der Waals surface area contributed by atoms with Gasteiger partial charge in [-0.05, 0) is 18.9 Å². The second-order valence-corrected chi connectivity index (χ2v) is 5.16. The summed E-state index contributed by atoms with van der Waals surface area (Å²) in [7, 11) is -4.54. The van der Waals surface area contributed by atoms with Gasteiger partial charge in [0.1, 0.15) is 0 Å². The molecule has 0 fully saturated rings. The van der Waals surface area contributed by atoms with Gasteiger partial charge < -0.3 is 5.11 Å². The van der Waals surface area contributed by atoms with Gasteiger partial charge in [-0.25, -0.2) is 0 Å². The summed E-state index contributed by atoms with van der Waals surface area (Å²) in [6.45, 7) is 3.46. The summed E-state index contributed by atoms with van der Waals surface area (Å²) < 4.78 is 32.1. The molecule has 17 heavy (non-hydrogen) atoms. The minimum absolute atomic E-state index is 0.0303. The zero-order valence-electron chi connectivity index (χ0n) is 9.67. The second-order valence-electron chi connectivity index (χ2n) is 3.80. The Morgan fingerprint density at radius 3 is 2.47 bits per heavy atom. The molecular weight excluding hydrogens is 246 g/mol. The molecule has 0 bridgehead atoms. The summed E-state index contributed by atoms with van der Waals surface area (Å²) in [6.07, 6.45) is 1.42. The SMILES string of the molecule is CCCCn1c(O)c(S(=O)(=O)O)c(C)cc1=O. The monoisotopic (exact) mass is 261 g/mol. The van der Waals surface area contributed by atoms with E-state index in [0.717, 1.165) is 17.1 Å². The number of unbranched alkanes of at least 4 members (excludes halogenated alkanes) is 1. The summed E-state index contributed by atoms with van der Waals surface area (Å²) in [4.78, 5) is 11.0. The third-order valence-electron chi connectivity index (χ3n) is 2.42. The van der Waals surface area contributed by atoms with Gasteiger partial charge in [-0.3, -0.25) is 13.9 Å². The summed E-state index contributed by atoms with van der Waals surface area (Å²) in [5, 5.41) is 9.74. The van der Waals surface area contributed by atoms with Crippen LogP contribution in [0, 0.1) is 6.92 Å². The Morgan fingerprint density at radius 2 is 2.00 bits per heavy atom. The Hall–Kier alpha value is -1.34. The van der Waals surface area contributed by atoms with Gasteiger partial charge in [-0.15, -0.1) is 0 Å². The van der Waals surface area contributed by atoms with E-state index in [2.05, 4.69) is 0 Å². The molecule has 1 aromatic rings. The molecule has 0 aliphatic rings. The molecule has 0 aliphatic carbocycles. The molecule has 1 aromatic heterocycles. The van der Waals surface area contributed by atoms with E-state index in [9.17, 15) is 18.3 Å². The van der Waals surface area contributed by atoms with Gasteiger partial charge in [0.25, 0.3) is 15.7 Å². The first-order valence-corrected chi connectivity index (χ1v) is 6.64. The van der Waals surface area contributed by atoms with Crippen LogP contribution in [0.5, 0.6) is 5.88 Å². The van der Waals surface area contributed by atoms with Gasteiger partial charge in [0.15, 0.2) is 4.90 Å². The average Bonchev–Trinajstić information content (AvgIpc) is 2.14. The number of aryl methyl sites for hydroxylation is 1. The molecule has 0 aromatic carbocycles. The van der Waals surface area contributed by atoms with Crippen LogP contribution in [0.3, 0.4) is 0 Å². The predicted octanol–water partition coefficient (Wildman–Crippen LogP) is 0.909. The number of hydrogen-bond acceptors (Lipinski definition) is 4. The van der Waals surface area contributed by atoms with Crippen molar-refractivity contribution in [1.82, 2.24) is 4.57 Å². The Bertz CT molecular complexity index is 573. The first kappa shape index (κ1) is 13.7. The number of rotatable bonds is 4. The molecule has 0 atom stereocenters. The van der Waals surface area contributed by atoms with Crippen LogP contribution in [0.25, 0.3) is 0 Å². The highest BCUT2D eigenvalue weighted by atomic mass is 32.2. The number of nitrogens with zero attached hydrogens (tertiary/aromatic N) is 1.